The number of amides is 1. The highest BCUT2D eigenvalue weighted by Crippen LogP contribution is 2.20. The van der Waals surface area contributed by atoms with Gasteiger partial charge in [0, 0.05) is 13.6 Å². The monoisotopic (exact) mass is 275 g/mol. The normalized spacial score (nSPS) is 11.1. The van der Waals surface area contributed by atoms with Crippen molar-refractivity contribution in [1.82, 2.24) is 4.90 Å². The Kier molecular flexibility index (Phi) is 4.98. The van der Waals surface area contributed by atoms with Gasteiger partial charge in [0.15, 0.2) is 0 Å². The van der Waals surface area contributed by atoms with Crippen LogP contribution in [0.4, 0.5) is 4.79 Å². The Morgan fingerprint density at radius 1 is 1.30 bits per heavy atom. The molecule has 0 bridgehead atoms. The molecule has 0 aliphatic carbocycles. The molecular weight excluding hydrogens is 250 g/mol. The zero-order valence-corrected chi connectivity index (χ0v) is 13.4. The summed E-state index contributed by atoms with van der Waals surface area (Å²) in [7, 11) is 1.76. The van der Waals surface area contributed by atoms with Crippen molar-refractivity contribution in [1.29, 1.82) is 0 Å². The Morgan fingerprint density at radius 2 is 1.80 bits per heavy atom. The molecule has 0 spiro atoms. The van der Waals surface area contributed by atoms with E-state index in [1.807, 2.05) is 26.8 Å². The molecule has 0 saturated heterocycles. The lowest BCUT2D eigenvalue weighted by Gasteiger charge is -2.25. The van der Waals surface area contributed by atoms with Crippen LogP contribution in [0.5, 0.6) is 0 Å². The van der Waals surface area contributed by atoms with E-state index in [1.165, 1.54) is 0 Å². The van der Waals surface area contributed by atoms with Crippen molar-refractivity contribution in [2.75, 3.05) is 7.05 Å². The molecule has 1 rings (SSSR count). The molecule has 3 heteroatoms. The van der Waals surface area contributed by atoms with E-state index in [0.29, 0.717) is 6.54 Å². The van der Waals surface area contributed by atoms with E-state index in [9.17, 15) is 4.79 Å². The summed E-state index contributed by atoms with van der Waals surface area (Å²) in [4.78, 5) is 13.6. The number of ether oxygens (including phenoxy) is 1. The van der Waals surface area contributed by atoms with E-state index < -0.39 is 5.60 Å². The van der Waals surface area contributed by atoms with Gasteiger partial charge in [0.1, 0.15) is 5.60 Å². The fourth-order valence-electron chi connectivity index (χ4n) is 2.04. The largest absolute Gasteiger partial charge is 0.444 e. The molecular formula is C17H25NO2. The van der Waals surface area contributed by atoms with Crippen LogP contribution in [-0.2, 0) is 11.3 Å². The standard InChI is InChI=1S/C17H25NO2/c1-8-14-9-12(2)15(13(3)10-14)11-18(7)16(19)20-17(4,5)6/h8-10H,1,11H2,2-7H3. The summed E-state index contributed by atoms with van der Waals surface area (Å²) in [6.07, 6.45) is 1.53. The van der Waals surface area contributed by atoms with Gasteiger partial charge in [0.2, 0.25) is 0 Å². The number of rotatable bonds is 3. The minimum absolute atomic E-state index is 0.302. The fourth-order valence-corrected chi connectivity index (χ4v) is 2.04. The molecule has 0 radical (unpaired) electrons. The quantitative estimate of drug-likeness (QED) is 0.822. The van der Waals surface area contributed by atoms with Crippen molar-refractivity contribution in [2.45, 2.75) is 46.8 Å². The molecule has 0 N–H and O–H groups in total. The number of benzene rings is 1. The van der Waals surface area contributed by atoms with E-state index in [4.69, 9.17) is 4.74 Å². The van der Waals surface area contributed by atoms with Crippen LogP contribution in [0.25, 0.3) is 6.08 Å². The number of carbonyl (C=O) groups excluding carboxylic acids is 1. The number of nitrogens with zero attached hydrogens (tertiary/aromatic N) is 1. The lowest BCUT2D eigenvalue weighted by Crippen LogP contribution is -2.34. The number of hydrogen-bond acceptors (Lipinski definition) is 2. The Bertz CT molecular complexity index is 489. The van der Waals surface area contributed by atoms with Crippen LogP contribution in [-0.4, -0.2) is 23.6 Å². The highest BCUT2D eigenvalue weighted by Gasteiger charge is 2.20. The summed E-state index contributed by atoms with van der Waals surface area (Å²) in [6.45, 7) is 14.0. The minimum Gasteiger partial charge on any atom is -0.444 e. The van der Waals surface area contributed by atoms with Crippen LogP contribution in [0.2, 0.25) is 0 Å². The lowest BCUT2D eigenvalue weighted by atomic mass is 9.99. The van der Waals surface area contributed by atoms with Gasteiger partial charge in [-0.2, -0.15) is 0 Å². The Balaban J connectivity index is 2.88. The summed E-state index contributed by atoms with van der Waals surface area (Å²) >= 11 is 0. The van der Waals surface area contributed by atoms with E-state index in [2.05, 4.69) is 32.6 Å². The Labute approximate surface area is 122 Å². The minimum atomic E-state index is -0.470. The highest BCUT2D eigenvalue weighted by atomic mass is 16.6. The topological polar surface area (TPSA) is 29.5 Å². The SMILES string of the molecule is C=Cc1cc(C)c(CN(C)C(=O)OC(C)(C)C)c(C)c1. The maximum absolute atomic E-state index is 12.0. The van der Waals surface area contributed by atoms with Gasteiger partial charge in [-0.15, -0.1) is 0 Å². The molecule has 0 heterocycles. The van der Waals surface area contributed by atoms with Gasteiger partial charge in [-0.3, -0.25) is 0 Å². The van der Waals surface area contributed by atoms with E-state index in [-0.39, 0.29) is 6.09 Å². The smallest absolute Gasteiger partial charge is 0.410 e. The van der Waals surface area contributed by atoms with Gasteiger partial charge in [0.05, 0.1) is 0 Å². The predicted octanol–water partition coefficient (Wildman–Crippen LogP) is 4.31. The molecule has 0 fully saturated rings. The average molecular weight is 275 g/mol. The summed E-state index contributed by atoms with van der Waals surface area (Å²) in [5.74, 6) is 0. The van der Waals surface area contributed by atoms with Crippen molar-refractivity contribution < 1.29 is 9.53 Å². The van der Waals surface area contributed by atoms with Crippen molar-refractivity contribution in [2.24, 2.45) is 0 Å². The predicted molar refractivity (Wildman–Crippen MR) is 83.7 cm³/mol. The molecule has 0 aliphatic heterocycles. The summed E-state index contributed by atoms with van der Waals surface area (Å²) in [5, 5.41) is 0. The van der Waals surface area contributed by atoms with Crippen LogP contribution < -0.4 is 0 Å². The van der Waals surface area contributed by atoms with Crippen molar-refractivity contribution in [3.05, 3.63) is 41.0 Å². The maximum atomic E-state index is 12.0. The van der Waals surface area contributed by atoms with E-state index in [0.717, 1.165) is 22.3 Å². The molecule has 20 heavy (non-hydrogen) atoms. The zero-order chi connectivity index (χ0) is 15.5. The first-order valence-corrected chi connectivity index (χ1v) is 6.80. The molecule has 0 atom stereocenters. The number of aryl methyl sites for hydroxylation is 2. The Morgan fingerprint density at radius 3 is 2.20 bits per heavy atom. The second-order valence-electron chi connectivity index (χ2n) is 6.17. The third-order valence-corrected chi connectivity index (χ3v) is 3.05. The number of hydrogen-bond donors (Lipinski definition) is 0. The van der Waals surface area contributed by atoms with Gasteiger partial charge in [-0.05, 0) is 56.9 Å². The fraction of sp³-hybridized carbons (Fsp3) is 0.471. The van der Waals surface area contributed by atoms with Crippen LogP contribution in [0.1, 0.15) is 43.0 Å². The van der Waals surface area contributed by atoms with Gasteiger partial charge >= 0.3 is 6.09 Å². The first-order chi connectivity index (χ1) is 9.14. The molecule has 1 amide bonds. The molecule has 1 aromatic rings. The molecule has 0 aliphatic rings. The van der Waals surface area contributed by atoms with E-state index in [1.54, 1.807) is 11.9 Å². The van der Waals surface area contributed by atoms with Crippen LogP contribution in [0, 0.1) is 13.8 Å². The van der Waals surface area contributed by atoms with Gasteiger partial charge in [-0.1, -0.05) is 24.8 Å². The molecule has 0 aromatic heterocycles. The summed E-state index contributed by atoms with van der Waals surface area (Å²) in [6, 6.07) is 4.16. The van der Waals surface area contributed by atoms with Gasteiger partial charge < -0.3 is 9.64 Å². The van der Waals surface area contributed by atoms with Crippen LogP contribution in [0.15, 0.2) is 18.7 Å². The second-order valence-corrected chi connectivity index (χ2v) is 6.17. The van der Waals surface area contributed by atoms with Crippen LogP contribution in [0.3, 0.4) is 0 Å². The highest BCUT2D eigenvalue weighted by molar-refractivity contribution is 5.68. The second kappa shape index (κ2) is 6.12. The summed E-state index contributed by atoms with van der Waals surface area (Å²) < 4.78 is 5.37. The van der Waals surface area contributed by atoms with Crippen molar-refractivity contribution in [3.63, 3.8) is 0 Å². The zero-order valence-electron chi connectivity index (χ0n) is 13.4. The maximum Gasteiger partial charge on any atom is 0.410 e. The van der Waals surface area contributed by atoms with E-state index >= 15 is 0 Å². The Hall–Kier alpha value is -1.77. The van der Waals surface area contributed by atoms with Crippen LogP contribution >= 0.6 is 0 Å². The summed E-state index contributed by atoms with van der Waals surface area (Å²) in [5.41, 5.74) is 4.11. The van der Waals surface area contributed by atoms with Crippen molar-refractivity contribution in [3.8, 4) is 0 Å². The average Bonchev–Trinajstić information content (AvgIpc) is 2.30. The van der Waals surface area contributed by atoms with Gasteiger partial charge in [-0.25, -0.2) is 4.79 Å². The molecule has 1 aromatic carbocycles. The first-order valence-electron chi connectivity index (χ1n) is 6.80. The third-order valence-electron chi connectivity index (χ3n) is 3.05. The molecule has 0 saturated carbocycles. The molecule has 0 unspecified atom stereocenters. The first kappa shape index (κ1) is 16.3. The molecule has 3 nitrogen and oxygen atoms in total. The number of carbonyl (C=O) groups is 1. The van der Waals surface area contributed by atoms with Crippen molar-refractivity contribution >= 4 is 12.2 Å². The lowest BCUT2D eigenvalue weighted by molar-refractivity contribution is 0.0284. The van der Waals surface area contributed by atoms with Gasteiger partial charge in [0.25, 0.3) is 0 Å². The molecule has 110 valence electrons. The third kappa shape index (κ3) is 4.41.